The van der Waals surface area contributed by atoms with Crippen LogP contribution in [0.1, 0.15) is 5.82 Å². The van der Waals surface area contributed by atoms with Crippen molar-refractivity contribution < 1.29 is 41.3 Å². The van der Waals surface area contributed by atoms with Gasteiger partial charge in [-0.3, -0.25) is 4.98 Å². The highest BCUT2D eigenvalue weighted by molar-refractivity contribution is 5.73. The Morgan fingerprint density at radius 1 is 1.17 bits per heavy atom. The van der Waals surface area contributed by atoms with Crippen LogP contribution in [0.25, 0.3) is 16.9 Å². The number of H-pyrrole nitrogens is 1. The van der Waals surface area contributed by atoms with Gasteiger partial charge in [-0.05, 0) is 30.3 Å². The van der Waals surface area contributed by atoms with Crippen molar-refractivity contribution in [2.75, 3.05) is 13.3 Å². The molecule has 10 nitrogen and oxygen atoms in total. The van der Waals surface area contributed by atoms with Gasteiger partial charge < -0.3 is 20.3 Å². The topological polar surface area (TPSA) is 145 Å². The van der Waals surface area contributed by atoms with Crippen molar-refractivity contribution in [2.45, 2.75) is 12.6 Å². The Morgan fingerprint density at radius 2 is 1.86 bits per heavy atom. The molecule has 3 aromatic rings. The van der Waals surface area contributed by atoms with E-state index in [4.69, 9.17) is 25.1 Å². The molecule has 0 amide bonds. The Balaban J connectivity index is 0.000000429. The van der Waals surface area contributed by atoms with Crippen LogP contribution in [0.2, 0.25) is 0 Å². The van der Waals surface area contributed by atoms with Gasteiger partial charge in [-0.25, -0.2) is 19.3 Å². The maximum atomic E-state index is 12.9. The van der Waals surface area contributed by atoms with Gasteiger partial charge in [0.15, 0.2) is 11.5 Å². The third kappa shape index (κ3) is 6.00. The molecule has 0 fully saturated rings. The summed E-state index contributed by atoms with van der Waals surface area (Å²) >= 11 is 0. The number of rotatable bonds is 5. The van der Waals surface area contributed by atoms with Crippen LogP contribution in [0.3, 0.4) is 0 Å². The number of nitrogens with two attached hydrogens (primary N) is 1. The van der Waals surface area contributed by atoms with E-state index in [-0.39, 0.29) is 31.2 Å². The summed E-state index contributed by atoms with van der Waals surface area (Å²) in [6.45, 7) is -0.152. The fourth-order valence-electron chi connectivity index (χ4n) is 2.87. The number of ether oxygens (including phenoxy) is 2. The van der Waals surface area contributed by atoms with E-state index in [2.05, 4.69) is 15.2 Å². The first-order chi connectivity index (χ1) is 16.5. The molecule has 1 aliphatic heterocycles. The first-order valence-corrected chi connectivity index (χ1v) is 9.57. The predicted octanol–water partition coefficient (Wildman–Crippen LogP) is 2.64. The number of hydrogen-bond acceptors (Lipinski definition) is 7. The van der Waals surface area contributed by atoms with Crippen molar-refractivity contribution in [1.29, 1.82) is 0 Å². The SMILES string of the molecule is NCC(Cc1n[nH]c(=O)n1-c1ccc(-c2ccc3c(c2)OCO3)nc1)=C(F)F.O=C(O)C(F)(F)F. The second-order valence-corrected chi connectivity index (χ2v) is 6.80. The number of fused-ring (bicyclic) bond motifs is 1. The maximum Gasteiger partial charge on any atom is 0.490 e. The number of carbonyl (C=O) groups is 1. The van der Waals surface area contributed by atoms with Gasteiger partial charge in [-0.1, -0.05) is 0 Å². The zero-order valence-corrected chi connectivity index (χ0v) is 17.5. The number of aliphatic carboxylic acids is 1. The number of pyridine rings is 1. The lowest BCUT2D eigenvalue weighted by molar-refractivity contribution is -0.192. The first-order valence-electron chi connectivity index (χ1n) is 9.57. The normalized spacial score (nSPS) is 12.1. The third-order valence-electron chi connectivity index (χ3n) is 4.54. The summed E-state index contributed by atoms with van der Waals surface area (Å²) in [6, 6.07) is 8.81. The van der Waals surface area contributed by atoms with E-state index in [1.165, 1.54) is 10.8 Å². The van der Waals surface area contributed by atoms with E-state index in [1.54, 1.807) is 18.2 Å². The number of aromatic nitrogens is 4. The standard InChI is InChI=1S/C18H15F2N5O3.C2HF3O2/c19-17(20)11(7-21)6-16-23-24-18(26)25(16)12-2-3-13(22-8-12)10-1-4-14-15(5-10)28-9-27-14;3-2(4,5)1(6)7/h1-5,8H,6-7,9,21H2,(H,24,26);(H,6,7). The molecule has 35 heavy (non-hydrogen) atoms. The van der Waals surface area contributed by atoms with Crippen LogP contribution in [-0.4, -0.2) is 50.3 Å². The highest BCUT2D eigenvalue weighted by Gasteiger charge is 2.38. The van der Waals surface area contributed by atoms with Gasteiger partial charge in [0.25, 0.3) is 6.08 Å². The molecule has 1 aliphatic rings. The van der Waals surface area contributed by atoms with Gasteiger partial charge in [-0.15, -0.1) is 0 Å². The van der Waals surface area contributed by atoms with Crippen molar-refractivity contribution in [3.05, 3.63) is 64.5 Å². The van der Waals surface area contributed by atoms with E-state index in [9.17, 15) is 26.7 Å². The van der Waals surface area contributed by atoms with Crippen LogP contribution in [0, 0.1) is 0 Å². The third-order valence-corrected chi connectivity index (χ3v) is 4.54. The number of halogens is 5. The molecule has 186 valence electrons. The maximum absolute atomic E-state index is 12.9. The highest BCUT2D eigenvalue weighted by atomic mass is 19.4. The van der Waals surface area contributed by atoms with Crippen molar-refractivity contribution in [1.82, 2.24) is 19.7 Å². The summed E-state index contributed by atoms with van der Waals surface area (Å²) in [4.78, 5) is 25.4. The minimum atomic E-state index is -5.08. The van der Waals surface area contributed by atoms with Crippen molar-refractivity contribution in [2.24, 2.45) is 5.73 Å². The lowest BCUT2D eigenvalue weighted by Crippen LogP contribution is -2.21. The Morgan fingerprint density at radius 3 is 2.43 bits per heavy atom. The lowest BCUT2D eigenvalue weighted by atomic mass is 10.1. The van der Waals surface area contributed by atoms with Crippen LogP contribution < -0.4 is 20.9 Å². The van der Waals surface area contributed by atoms with Gasteiger partial charge >= 0.3 is 17.8 Å². The highest BCUT2D eigenvalue weighted by Crippen LogP contribution is 2.35. The van der Waals surface area contributed by atoms with E-state index in [1.807, 2.05) is 12.1 Å². The van der Waals surface area contributed by atoms with Gasteiger partial charge in [0.1, 0.15) is 5.82 Å². The Hall–Kier alpha value is -4.27. The number of benzene rings is 1. The lowest BCUT2D eigenvalue weighted by Gasteiger charge is -2.08. The smallest absolute Gasteiger partial charge is 0.475 e. The summed E-state index contributed by atoms with van der Waals surface area (Å²) in [5.74, 6) is -1.34. The monoisotopic (exact) mass is 501 g/mol. The fraction of sp³-hybridized carbons (Fsp3) is 0.200. The Labute approximate surface area is 192 Å². The summed E-state index contributed by atoms with van der Waals surface area (Å²) in [5, 5.41) is 13.2. The zero-order chi connectivity index (χ0) is 25.8. The van der Waals surface area contributed by atoms with E-state index in [0.29, 0.717) is 22.9 Å². The molecular formula is C20H16F5N5O5. The first kappa shape index (κ1) is 25.4. The molecule has 0 saturated carbocycles. The average molecular weight is 501 g/mol. The quantitative estimate of drug-likeness (QED) is 0.453. The van der Waals surface area contributed by atoms with Crippen LogP contribution >= 0.6 is 0 Å². The van der Waals surface area contributed by atoms with Crippen LogP contribution in [0.15, 0.2) is 53.0 Å². The minimum Gasteiger partial charge on any atom is -0.475 e. The van der Waals surface area contributed by atoms with Crippen molar-refractivity contribution in [3.63, 3.8) is 0 Å². The minimum absolute atomic E-state index is 0.121. The molecule has 0 atom stereocenters. The predicted molar refractivity (Wildman–Crippen MR) is 109 cm³/mol. The molecule has 0 aliphatic carbocycles. The van der Waals surface area contributed by atoms with Crippen molar-refractivity contribution >= 4 is 5.97 Å². The second kappa shape index (κ2) is 10.3. The molecule has 0 unspecified atom stereocenters. The second-order valence-electron chi connectivity index (χ2n) is 6.80. The molecule has 0 saturated heterocycles. The summed E-state index contributed by atoms with van der Waals surface area (Å²) < 4.78 is 69.4. The molecule has 3 heterocycles. The molecule has 1 aromatic carbocycles. The molecule has 0 radical (unpaired) electrons. The number of nitrogens with one attached hydrogen (secondary N) is 1. The number of carboxylic acids is 1. The van der Waals surface area contributed by atoms with E-state index >= 15 is 0 Å². The molecular weight excluding hydrogens is 485 g/mol. The average Bonchev–Trinajstić information content (AvgIpc) is 3.42. The summed E-state index contributed by atoms with van der Waals surface area (Å²) in [6.07, 6.45) is -5.74. The van der Waals surface area contributed by atoms with E-state index < -0.39 is 23.9 Å². The Bertz CT molecular complexity index is 1300. The van der Waals surface area contributed by atoms with Gasteiger partial charge in [-0.2, -0.15) is 27.1 Å². The van der Waals surface area contributed by atoms with Crippen molar-refractivity contribution in [3.8, 4) is 28.4 Å². The summed E-state index contributed by atoms with van der Waals surface area (Å²) in [5.41, 5.74) is 6.36. The largest absolute Gasteiger partial charge is 0.490 e. The fourth-order valence-corrected chi connectivity index (χ4v) is 2.87. The van der Waals surface area contributed by atoms with Gasteiger partial charge in [0, 0.05) is 24.1 Å². The molecule has 2 aromatic heterocycles. The Kier molecular flexibility index (Phi) is 7.49. The van der Waals surface area contributed by atoms with Gasteiger partial charge in [0.05, 0.1) is 17.6 Å². The number of carboxylic acid groups (broad SMARTS) is 1. The molecule has 4 N–H and O–H groups in total. The summed E-state index contributed by atoms with van der Waals surface area (Å²) in [7, 11) is 0. The number of alkyl halides is 3. The van der Waals surface area contributed by atoms with Crippen LogP contribution in [0.5, 0.6) is 11.5 Å². The molecule has 0 bridgehead atoms. The van der Waals surface area contributed by atoms with E-state index in [0.717, 1.165) is 5.56 Å². The molecule has 0 spiro atoms. The van der Waals surface area contributed by atoms with Crippen LogP contribution in [0.4, 0.5) is 22.0 Å². The molecule has 4 rings (SSSR count). The number of nitrogens with zero attached hydrogens (tertiary/aromatic N) is 3. The van der Waals surface area contributed by atoms with Crippen LogP contribution in [-0.2, 0) is 11.2 Å². The number of hydrogen-bond donors (Lipinski definition) is 3. The van der Waals surface area contributed by atoms with Gasteiger partial charge in [0.2, 0.25) is 6.79 Å². The zero-order valence-electron chi connectivity index (χ0n) is 17.5. The molecule has 15 heteroatoms. The number of aromatic amines is 1.